The van der Waals surface area contributed by atoms with Crippen molar-refractivity contribution in [2.24, 2.45) is 5.92 Å². The third-order valence-corrected chi connectivity index (χ3v) is 3.32. The van der Waals surface area contributed by atoms with E-state index in [9.17, 15) is 4.79 Å². The van der Waals surface area contributed by atoms with E-state index in [0.717, 1.165) is 26.3 Å². The van der Waals surface area contributed by atoms with Crippen molar-refractivity contribution in [3.05, 3.63) is 29.8 Å². The molecule has 0 aromatic heterocycles. The normalized spacial score (nSPS) is 15.6. The van der Waals surface area contributed by atoms with Crippen LogP contribution in [0, 0.1) is 5.92 Å². The molecule has 0 spiro atoms. The summed E-state index contributed by atoms with van der Waals surface area (Å²) in [7, 11) is 0. The molecule has 0 aliphatic carbocycles. The summed E-state index contributed by atoms with van der Waals surface area (Å²) in [5.41, 5.74) is 2.37. The van der Waals surface area contributed by atoms with E-state index < -0.39 is 0 Å². The Morgan fingerprint density at radius 3 is 2.68 bits per heavy atom. The number of hydrogen-bond acceptors (Lipinski definition) is 3. The second-order valence-electron chi connectivity index (χ2n) is 5.10. The van der Waals surface area contributed by atoms with Crippen LogP contribution in [-0.4, -0.2) is 32.2 Å². The molecule has 1 fully saturated rings. The number of anilines is 1. The maximum absolute atomic E-state index is 11.7. The molecule has 2 rings (SSSR count). The molecule has 1 heterocycles. The van der Waals surface area contributed by atoms with Gasteiger partial charge in [0.1, 0.15) is 0 Å². The van der Waals surface area contributed by atoms with Crippen LogP contribution in [0.15, 0.2) is 24.3 Å². The maximum atomic E-state index is 11.7. The van der Waals surface area contributed by atoms with Crippen molar-refractivity contribution < 1.29 is 9.53 Å². The molecule has 0 atom stereocenters. The molecule has 1 saturated heterocycles. The lowest BCUT2D eigenvalue weighted by atomic mass is 10.1. The molecule has 19 heavy (non-hydrogen) atoms. The van der Waals surface area contributed by atoms with Crippen molar-refractivity contribution in [1.82, 2.24) is 5.32 Å². The lowest BCUT2D eigenvalue weighted by Crippen LogP contribution is -2.37. The fourth-order valence-electron chi connectivity index (χ4n) is 2.16. The van der Waals surface area contributed by atoms with Gasteiger partial charge in [0, 0.05) is 31.2 Å². The van der Waals surface area contributed by atoms with Gasteiger partial charge in [-0.1, -0.05) is 32.0 Å². The highest BCUT2D eigenvalue weighted by Crippen LogP contribution is 2.21. The smallest absolute Gasteiger partial charge is 0.222 e. The third kappa shape index (κ3) is 3.70. The number of benzene rings is 1. The molecule has 0 radical (unpaired) electrons. The predicted octanol–water partition coefficient (Wildman–Crippen LogP) is 1.80. The minimum absolute atomic E-state index is 0.0237. The van der Waals surface area contributed by atoms with Gasteiger partial charge < -0.3 is 15.0 Å². The van der Waals surface area contributed by atoms with Gasteiger partial charge in [-0.3, -0.25) is 4.79 Å². The zero-order chi connectivity index (χ0) is 13.7. The first-order valence-corrected chi connectivity index (χ1v) is 6.87. The number of ether oxygens (including phenoxy) is 1. The number of nitrogens with one attached hydrogen (secondary N) is 1. The predicted molar refractivity (Wildman–Crippen MR) is 76.2 cm³/mol. The Balaban J connectivity index is 2.05. The third-order valence-electron chi connectivity index (χ3n) is 3.32. The minimum Gasteiger partial charge on any atom is -0.378 e. The number of hydrogen-bond donors (Lipinski definition) is 1. The van der Waals surface area contributed by atoms with E-state index >= 15 is 0 Å². The molecule has 1 amide bonds. The van der Waals surface area contributed by atoms with Crippen molar-refractivity contribution in [3.63, 3.8) is 0 Å². The highest BCUT2D eigenvalue weighted by atomic mass is 16.5. The van der Waals surface area contributed by atoms with Crippen LogP contribution in [-0.2, 0) is 16.1 Å². The van der Waals surface area contributed by atoms with Gasteiger partial charge in [0.25, 0.3) is 0 Å². The van der Waals surface area contributed by atoms with Gasteiger partial charge in [-0.15, -0.1) is 0 Å². The number of rotatable bonds is 4. The topological polar surface area (TPSA) is 41.6 Å². The molecular weight excluding hydrogens is 240 g/mol. The number of carbonyl (C=O) groups is 1. The van der Waals surface area contributed by atoms with Gasteiger partial charge >= 0.3 is 0 Å². The second-order valence-corrected chi connectivity index (χ2v) is 5.10. The second kappa shape index (κ2) is 6.57. The number of para-hydroxylation sites is 1. The van der Waals surface area contributed by atoms with Crippen LogP contribution in [0.1, 0.15) is 19.4 Å². The van der Waals surface area contributed by atoms with Crippen molar-refractivity contribution in [3.8, 4) is 0 Å². The average Bonchev–Trinajstić information content (AvgIpc) is 2.46. The standard InChI is InChI=1S/C15H22N2O2/c1-12(2)15(18)16-11-13-5-3-4-6-14(13)17-7-9-19-10-8-17/h3-6,12H,7-11H2,1-2H3,(H,16,18). The summed E-state index contributed by atoms with van der Waals surface area (Å²) in [5, 5.41) is 2.98. The lowest BCUT2D eigenvalue weighted by molar-refractivity contribution is -0.124. The Kier molecular flexibility index (Phi) is 4.80. The average molecular weight is 262 g/mol. The van der Waals surface area contributed by atoms with Crippen LogP contribution in [0.4, 0.5) is 5.69 Å². The number of amides is 1. The summed E-state index contributed by atoms with van der Waals surface area (Å²) in [6.07, 6.45) is 0. The Morgan fingerprint density at radius 1 is 1.32 bits per heavy atom. The number of nitrogens with zero attached hydrogens (tertiary/aromatic N) is 1. The first kappa shape index (κ1) is 13.9. The minimum atomic E-state index is 0.0237. The quantitative estimate of drug-likeness (QED) is 0.899. The summed E-state index contributed by atoms with van der Waals surface area (Å²) < 4.78 is 5.38. The molecule has 0 unspecified atom stereocenters. The molecule has 0 bridgehead atoms. The van der Waals surface area contributed by atoms with E-state index in [2.05, 4.69) is 22.3 Å². The van der Waals surface area contributed by atoms with Crippen molar-refractivity contribution in [2.75, 3.05) is 31.2 Å². The summed E-state index contributed by atoms with van der Waals surface area (Å²) in [6.45, 7) is 7.76. The molecule has 4 heteroatoms. The van der Waals surface area contributed by atoms with E-state index in [1.165, 1.54) is 11.3 Å². The molecule has 1 N–H and O–H groups in total. The van der Waals surface area contributed by atoms with E-state index in [0.29, 0.717) is 6.54 Å². The lowest BCUT2D eigenvalue weighted by Gasteiger charge is -2.30. The molecule has 1 aliphatic heterocycles. The van der Waals surface area contributed by atoms with E-state index in [1.807, 2.05) is 26.0 Å². The monoisotopic (exact) mass is 262 g/mol. The van der Waals surface area contributed by atoms with Gasteiger partial charge in [0.2, 0.25) is 5.91 Å². The first-order chi connectivity index (χ1) is 9.18. The molecule has 1 aromatic rings. The van der Waals surface area contributed by atoms with Crippen molar-refractivity contribution in [2.45, 2.75) is 20.4 Å². The van der Waals surface area contributed by atoms with E-state index in [1.54, 1.807) is 0 Å². The van der Waals surface area contributed by atoms with Gasteiger partial charge in [0.15, 0.2) is 0 Å². The SMILES string of the molecule is CC(C)C(=O)NCc1ccccc1N1CCOCC1. The van der Waals surface area contributed by atoms with Crippen molar-refractivity contribution >= 4 is 11.6 Å². The van der Waals surface area contributed by atoms with Gasteiger partial charge in [-0.05, 0) is 11.6 Å². The van der Waals surface area contributed by atoms with Crippen LogP contribution in [0.2, 0.25) is 0 Å². The number of carbonyl (C=O) groups excluding carboxylic acids is 1. The van der Waals surface area contributed by atoms with Gasteiger partial charge in [0.05, 0.1) is 13.2 Å². The maximum Gasteiger partial charge on any atom is 0.222 e. The highest BCUT2D eigenvalue weighted by molar-refractivity contribution is 5.78. The first-order valence-electron chi connectivity index (χ1n) is 6.87. The molecule has 1 aliphatic rings. The fraction of sp³-hybridized carbons (Fsp3) is 0.533. The molecule has 0 saturated carbocycles. The molecule has 4 nitrogen and oxygen atoms in total. The Bertz CT molecular complexity index is 426. The molecule has 104 valence electrons. The van der Waals surface area contributed by atoms with Crippen LogP contribution in [0.25, 0.3) is 0 Å². The molecule has 1 aromatic carbocycles. The van der Waals surface area contributed by atoms with Crippen LogP contribution < -0.4 is 10.2 Å². The largest absolute Gasteiger partial charge is 0.378 e. The van der Waals surface area contributed by atoms with Crippen molar-refractivity contribution in [1.29, 1.82) is 0 Å². The zero-order valence-electron chi connectivity index (χ0n) is 11.7. The van der Waals surface area contributed by atoms with E-state index in [-0.39, 0.29) is 11.8 Å². The summed E-state index contributed by atoms with van der Waals surface area (Å²) in [5.74, 6) is 0.118. The zero-order valence-corrected chi connectivity index (χ0v) is 11.7. The summed E-state index contributed by atoms with van der Waals surface area (Å²) in [4.78, 5) is 14.0. The van der Waals surface area contributed by atoms with E-state index in [4.69, 9.17) is 4.74 Å². The van der Waals surface area contributed by atoms with Crippen LogP contribution >= 0.6 is 0 Å². The highest BCUT2D eigenvalue weighted by Gasteiger charge is 2.15. The Labute approximate surface area is 114 Å². The number of morpholine rings is 1. The Hall–Kier alpha value is -1.55. The fourth-order valence-corrected chi connectivity index (χ4v) is 2.16. The van der Waals surface area contributed by atoms with Gasteiger partial charge in [-0.2, -0.15) is 0 Å². The van der Waals surface area contributed by atoms with Gasteiger partial charge in [-0.25, -0.2) is 0 Å². The summed E-state index contributed by atoms with van der Waals surface area (Å²) in [6, 6.07) is 8.24. The molecular formula is C15H22N2O2. The van der Waals surface area contributed by atoms with Crippen LogP contribution in [0.3, 0.4) is 0 Å². The van der Waals surface area contributed by atoms with Crippen LogP contribution in [0.5, 0.6) is 0 Å². The summed E-state index contributed by atoms with van der Waals surface area (Å²) >= 11 is 0. The Morgan fingerprint density at radius 2 is 2.00 bits per heavy atom.